The lowest BCUT2D eigenvalue weighted by atomic mass is 10.0. The lowest BCUT2D eigenvalue weighted by Crippen LogP contribution is -2.46. The van der Waals surface area contributed by atoms with Crippen molar-refractivity contribution in [2.75, 3.05) is 6.54 Å². The molecule has 0 radical (unpaired) electrons. The molecule has 0 fully saturated rings. The van der Waals surface area contributed by atoms with E-state index in [9.17, 15) is 9.59 Å². The summed E-state index contributed by atoms with van der Waals surface area (Å²) in [6.07, 6.45) is 0.652. The largest absolute Gasteiger partial charge is 0.480 e. The SMILES string of the molecule is Cc1ccc(CCNC(=O)C(N)C(=O)O)cc1C. The Morgan fingerprint density at radius 2 is 2.00 bits per heavy atom. The number of amides is 1. The highest BCUT2D eigenvalue weighted by Crippen LogP contribution is 2.09. The summed E-state index contributed by atoms with van der Waals surface area (Å²) in [6.45, 7) is 4.44. The van der Waals surface area contributed by atoms with E-state index in [0.717, 1.165) is 5.56 Å². The van der Waals surface area contributed by atoms with Crippen LogP contribution in [0.4, 0.5) is 0 Å². The molecule has 18 heavy (non-hydrogen) atoms. The summed E-state index contributed by atoms with van der Waals surface area (Å²) in [7, 11) is 0. The van der Waals surface area contributed by atoms with E-state index in [1.807, 2.05) is 26.0 Å². The van der Waals surface area contributed by atoms with E-state index in [1.54, 1.807) is 0 Å². The molecule has 98 valence electrons. The van der Waals surface area contributed by atoms with Crippen LogP contribution in [0.2, 0.25) is 0 Å². The Bertz CT molecular complexity index is 458. The van der Waals surface area contributed by atoms with Crippen molar-refractivity contribution in [1.82, 2.24) is 5.32 Å². The molecule has 0 aliphatic heterocycles. The molecule has 1 amide bonds. The van der Waals surface area contributed by atoms with Gasteiger partial charge in [-0.3, -0.25) is 4.79 Å². The molecule has 1 rings (SSSR count). The number of aliphatic carboxylic acids is 1. The molecule has 4 N–H and O–H groups in total. The lowest BCUT2D eigenvalue weighted by molar-refractivity contribution is -0.142. The van der Waals surface area contributed by atoms with E-state index >= 15 is 0 Å². The number of carboxylic acids is 1. The first-order valence-corrected chi connectivity index (χ1v) is 5.74. The van der Waals surface area contributed by atoms with Crippen molar-refractivity contribution in [3.8, 4) is 0 Å². The minimum Gasteiger partial charge on any atom is -0.480 e. The number of hydrogen-bond acceptors (Lipinski definition) is 3. The van der Waals surface area contributed by atoms with E-state index in [4.69, 9.17) is 10.8 Å². The molecule has 0 saturated heterocycles. The van der Waals surface area contributed by atoms with Crippen LogP contribution in [0.25, 0.3) is 0 Å². The van der Waals surface area contributed by atoms with E-state index in [2.05, 4.69) is 11.4 Å². The molecule has 0 bridgehead atoms. The fourth-order valence-electron chi connectivity index (χ4n) is 1.51. The first-order chi connectivity index (χ1) is 8.41. The molecule has 0 spiro atoms. The van der Waals surface area contributed by atoms with Crippen LogP contribution in [0, 0.1) is 13.8 Å². The van der Waals surface area contributed by atoms with E-state index < -0.39 is 17.9 Å². The van der Waals surface area contributed by atoms with Crippen molar-refractivity contribution in [3.05, 3.63) is 34.9 Å². The summed E-state index contributed by atoms with van der Waals surface area (Å²) in [6, 6.07) is 4.57. The van der Waals surface area contributed by atoms with Gasteiger partial charge in [-0.2, -0.15) is 0 Å². The van der Waals surface area contributed by atoms with Crippen LogP contribution < -0.4 is 11.1 Å². The molecule has 0 heterocycles. The highest BCUT2D eigenvalue weighted by atomic mass is 16.4. The van der Waals surface area contributed by atoms with Gasteiger partial charge < -0.3 is 16.2 Å². The third-order valence-electron chi connectivity index (χ3n) is 2.83. The highest BCUT2D eigenvalue weighted by molar-refractivity contribution is 6.00. The third-order valence-corrected chi connectivity index (χ3v) is 2.83. The van der Waals surface area contributed by atoms with Gasteiger partial charge in [0.1, 0.15) is 0 Å². The highest BCUT2D eigenvalue weighted by Gasteiger charge is 2.20. The predicted octanol–water partition coefficient (Wildman–Crippen LogP) is 0.374. The van der Waals surface area contributed by atoms with Gasteiger partial charge in [-0.15, -0.1) is 0 Å². The molecule has 0 aromatic heterocycles. The van der Waals surface area contributed by atoms with E-state index in [1.165, 1.54) is 11.1 Å². The van der Waals surface area contributed by atoms with E-state index in [-0.39, 0.29) is 0 Å². The number of carbonyl (C=O) groups is 2. The van der Waals surface area contributed by atoms with Crippen LogP contribution >= 0.6 is 0 Å². The van der Waals surface area contributed by atoms with Crippen molar-refractivity contribution in [1.29, 1.82) is 0 Å². The number of nitrogens with one attached hydrogen (secondary N) is 1. The van der Waals surface area contributed by atoms with Crippen LogP contribution in [0.5, 0.6) is 0 Å². The number of hydrogen-bond donors (Lipinski definition) is 3. The fraction of sp³-hybridized carbons (Fsp3) is 0.385. The normalized spacial score (nSPS) is 11.9. The number of benzene rings is 1. The number of carboxylic acid groups (broad SMARTS) is 1. The number of aryl methyl sites for hydroxylation is 2. The van der Waals surface area contributed by atoms with Gasteiger partial charge in [0.15, 0.2) is 6.04 Å². The first kappa shape index (κ1) is 14.2. The molecule has 5 nitrogen and oxygen atoms in total. The lowest BCUT2D eigenvalue weighted by Gasteiger charge is -2.09. The van der Waals surface area contributed by atoms with Gasteiger partial charge in [0, 0.05) is 6.54 Å². The van der Waals surface area contributed by atoms with Crippen LogP contribution in [0.3, 0.4) is 0 Å². The topological polar surface area (TPSA) is 92.4 Å². The average molecular weight is 250 g/mol. The van der Waals surface area contributed by atoms with Gasteiger partial charge in [-0.1, -0.05) is 18.2 Å². The Morgan fingerprint density at radius 1 is 1.33 bits per heavy atom. The van der Waals surface area contributed by atoms with Gasteiger partial charge in [-0.25, -0.2) is 4.79 Å². The number of rotatable bonds is 5. The van der Waals surface area contributed by atoms with Crippen molar-refractivity contribution in [2.45, 2.75) is 26.3 Å². The molecule has 0 aliphatic carbocycles. The maximum absolute atomic E-state index is 11.3. The standard InChI is InChI=1S/C13H18N2O3/c1-8-3-4-10(7-9(8)2)5-6-15-12(16)11(14)13(17)18/h3-4,7,11H,5-6,14H2,1-2H3,(H,15,16)(H,17,18). The number of carbonyl (C=O) groups excluding carboxylic acids is 1. The summed E-state index contributed by atoms with van der Waals surface area (Å²) in [4.78, 5) is 21.7. The molecule has 1 atom stereocenters. The molecule has 1 unspecified atom stereocenters. The van der Waals surface area contributed by atoms with E-state index in [0.29, 0.717) is 13.0 Å². The van der Waals surface area contributed by atoms with Gasteiger partial charge in [-0.05, 0) is 37.0 Å². The summed E-state index contributed by atoms with van der Waals surface area (Å²) in [5.41, 5.74) is 8.68. The summed E-state index contributed by atoms with van der Waals surface area (Å²) < 4.78 is 0. The van der Waals surface area contributed by atoms with Gasteiger partial charge in [0.2, 0.25) is 5.91 Å². The summed E-state index contributed by atoms with van der Waals surface area (Å²) in [5, 5.41) is 11.1. The van der Waals surface area contributed by atoms with Crippen molar-refractivity contribution in [2.24, 2.45) is 5.73 Å². The van der Waals surface area contributed by atoms with Gasteiger partial charge >= 0.3 is 5.97 Å². The maximum atomic E-state index is 11.3. The smallest absolute Gasteiger partial charge is 0.330 e. The molecular formula is C13H18N2O3. The van der Waals surface area contributed by atoms with Crippen molar-refractivity contribution in [3.63, 3.8) is 0 Å². The quantitative estimate of drug-likeness (QED) is 0.658. The Kier molecular flexibility index (Phi) is 4.85. The minimum absolute atomic E-state index is 0.377. The zero-order valence-corrected chi connectivity index (χ0v) is 10.6. The van der Waals surface area contributed by atoms with Crippen LogP contribution in [0.1, 0.15) is 16.7 Å². The van der Waals surface area contributed by atoms with Crippen molar-refractivity contribution >= 4 is 11.9 Å². The minimum atomic E-state index is -1.50. The monoisotopic (exact) mass is 250 g/mol. The zero-order valence-electron chi connectivity index (χ0n) is 10.6. The predicted molar refractivity (Wildman–Crippen MR) is 68.2 cm³/mol. The second kappa shape index (κ2) is 6.16. The molecular weight excluding hydrogens is 232 g/mol. The summed E-state index contributed by atoms with van der Waals surface area (Å²) in [5.74, 6) is -1.98. The third kappa shape index (κ3) is 3.85. The Morgan fingerprint density at radius 3 is 2.56 bits per heavy atom. The molecule has 0 saturated carbocycles. The Hall–Kier alpha value is -1.88. The van der Waals surface area contributed by atoms with Crippen LogP contribution in [-0.2, 0) is 16.0 Å². The molecule has 0 aliphatic rings. The average Bonchev–Trinajstić information content (AvgIpc) is 2.32. The first-order valence-electron chi connectivity index (χ1n) is 5.74. The van der Waals surface area contributed by atoms with Gasteiger partial charge in [0.25, 0.3) is 0 Å². The zero-order chi connectivity index (χ0) is 13.7. The second-order valence-electron chi connectivity index (χ2n) is 4.28. The maximum Gasteiger partial charge on any atom is 0.330 e. The van der Waals surface area contributed by atoms with Gasteiger partial charge in [0.05, 0.1) is 0 Å². The molecule has 1 aromatic rings. The van der Waals surface area contributed by atoms with Crippen LogP contribution in [0.15, 0.2) is 18.2 Å². The molecule has 1 aromatic carbocycles. The molecule has 5 heteroatoms. The summed E-state index contributed by atoms with van der Waals surface area (Å²) >= 11 is 0. The Balaban J connectivity index is 2.44. The fourth-order valence-corrected chi connectivity index (χ4v) is 1.51. The number of nitrogens with two attached hydrogens (primary N) is 1. The second-order valence-corrected chi connectivity index (χ2v) is 4.28. The Labute approximate surface area is 106 Å². The van der Waals surface area contributed by atoms with Crippen molar-refractivity contribution < 1.29 is 14.7 Å². The van der Waals surface area contributed by atoms with Crippen LogP contribution in [-0.4, -0.2) is 29.6 Å².